The van der Waals surface area contributed by atoms with Crippen LogP contribution < -0.4 is 15.2 Å². The number of primary sulfonamides is 1. The van der Waals surface area contributed by atoms with E-state index in [-0.39, 0.29) is 23.3 Å². The summed E-state index contributed by atoms with van der Waals surface area (Å²) >= 11 is 3.43. The van der Waals surface area contributed by atoms with Crippen LogP contribution in [0.4, 0.5) is 0 Å². The van der Waals surface area contributed by atoms with Crippen LogP contribution in [-0.4, -0.2) is 20.9 Å². The second-order valence-corrected chi connectivity index (χ2v) is 8.28. The SMILES string of the molecule is NS(=O)(=O)c1ccc(CC(=O)NC2CCOc3ccc(Br)cc32)cc1. The molecule has 0 saturated carbocycles. The van der Waals surface area contributed by atoms with E-state index in [1.165, 1.54) is 12.1 Å². The number of hydrogen-bond donors (Lipinski definition) is 2. The second kappa shape index (κ2) is 7.15. The highest BCUT2D eigenvalue weighted by Crippen LogP contribution is 2.34. The third-order valence-corrected chi connectivity index (χ3v) is 5.39. The Bertz CT molecular complexity index is 897. The molecule has 1 aliphatic rings. The minimum absolute atomic E-state index is 0.0277. The number of benzene rings is 2. The summed E-state index contributed by atoms with van der Waals surface area (Å²) in [6, 6.07) is 11.6. The van der Waals surface area contributed by atoms with Gasteiger partial charge in [0.2, 0.25) is 15.9 Å². The first-order valence-corrected chi connectivity index (χ1v) is 10.0. The van der Waals surface area contributed by atoms with Crippen molar-refractivity contribution in [3.63, 3.8) is 0 Å². The fourth-order valence-corrected chi connectivity index (χ4v) is 3.64. The fourth-order valence-electron chi connectivity index (χ4n) is 2.74. The topological polar surface area (TPSA) is 98.5 Å². The van der Waals surface area contributed by atoms with Crippen LogP contribution in [0.25, 0.3) is 0 Å². The van der Waals surface area contributed by atoms with Gasteiger partial charge in [0.1, 0.15) is 5.75 Å². The van der Waals surface area contributed by atoms with Crippen LogP contribution in [0.5, 0.6) is 5.75 Å². The van der Waals surface area contributed by atoms with Crippen molar-refractivity contribution in [2.45, 2.75) is 23.8 Å². The monoisotopic (exact) mass is 424 g/mol. The average molecular weight is 425 g/mol. The Morgan fingerprint density at radius 3 is 2.64 bits per heavy atom. The summed E-state index contributed by atoms with van der Waals surface area (Å²) in [5.41, 5.74) is 1.66. The van der Waals surface area contributed by atoms with Crippen molar-refractivity contribution in [2.24, 2.45) is 5.14 Å². The Balaban J connectivity index is 1.69. The molecule has 0 aliphatic carbocycles. The van der Waals surface area contributed by atoms with Gasteiger partial charge in [0.25, 0.3) is 0 Å². The maximum Gasteiger partial charge on any atom is 0.238 e. The number of sulfonamides is 1. The summed E-state index contributed by atoms with van der Waals surface area (Å²) in [5, 5.41) is 8.08. The predicted octanol–water partition coefficient (Wildman–Crippen LogP) is 2.28. The van der Waals surface area contributed by atoms with Crippen LogP contribution in [0, 0.1) is 0 Å². The minimum Gasteiger partial charge on any atom is -0.493 e. The second-order valence-electron chi connectivity index (χ2n) is 5.81. The zero-order chi connectivity index (χ0) is 18.0. The standard InChI is InChI=1S/C17H17BrN2O4S/c18-12-3-6-16-14(10-12)15(7-8-24-16)20-17(21)9-11-1-4-13(5-2-11)25(19,22)23/h1-6,10,15H,7-9H2,(H,20,21)(H2,19,22,23). The molecule has 132 valence electrons. The van der Waals surface area contributed by atoms with Gasteiger partial charge in [-0.15, -0.1) is 0 Å². The Morgan fingerprint density at radius 1 is 1.24 bits per heavy atom. The number of carbonyl (C=O) groups is 1. The van der Waals surface area contributed by atoms with Crippen molar-refractivity contribution in [3.05, 3.63) is 58.1 Å². The van der Waals surface area contributed by atoms with Crippen molar-refractivity contribution in [1.29, 1.82) is 0 Å². The highest BCUT2D eigenvalue weighted by molar-refractivity contribution is 9.10. The molecule has 0 aromatic heterocycles. The molecule has 6 nitrogen and oxygen atoms in total. The highest BCUT2D eigenvalue weighted by atomic mass is 79.9. The van der Waals surface area contributed by atoms with E-state index in [1.54, 1.807) is 12.1 Å². The Kier molecular flexibility index (Phi) is 5.12. The molecule has 1 aliphatic heterocycles. The third-order valence-electron chi connectivity index (χ3n) is 3.96. The first kappa shape index (κ1) is 17.9. The summed E-state index contributed by atoms with van der Waals surface area (Å²) in [4.78, 5) is 12.4. The molecule has 0 fully saturated rings. The first-order chi connectivity index (χ1) is 11.8. The van der Waals surface area contributed by atoms with E-state index in [2.05, 4.69) is 21.2 Å². The Labute approximate surface area is 154 Å². The zero-order valence-electron chi connectivity index (χ0n) is 13.2. The lowest BCUT2D eigenvalue weighted by Crippen LogP contribution is -2.33. The number of nitrogens with two attached hydrogens (primary N) is 1. The Morgan fingerprint density at radius 2 is 1.96 bits per heavy atom. The number of halogens is 1. The molecule has 0 spiro atoms. The lowest BCUT2D eigenvalue weighted by atomic mass is 10.00. The number of carbonyl (C=O) groups excluding carboxylic acids is 1. The van der Waals surface area contributed by atoms with Gasteiger partial charge in [0.05, 0.1) is 24.0 Å². The van der Waals surface area contributed by atoms with Crippen LogP contribution in [-0.2, 0) is 21.2 Å². The Hall–Kier alpha value is -1.90. The smallest absolute Gasteiger partial charge is 0.238 e. The summed E-state index contributed by atoms with van der Waals surface area (Å²) in [6.45, 7) is 0.544. The molecule has 25 heavy (non-hydrogen) atoms. The van der Waals surface area contributed by atoms with Crippen molar-refractivity contribution in [3.8, 4) is 5.75 Å². The predicted molar refractivity (Wildman–Crippen MR) is 96.7 cm³/mol. The van der Waals surface area contributed by atoms with Gasteiger partial charge in [-0.3, -0.25) is 4.79 Å². The molecule has 3 rings (SSSR count). The maximum atomic E-state index is 12.4. The van der Waals surface area contributed by atoms with Gasteiger partial charge in [-0.05, 0) is 35.9 Å². The number of rotatable bonds is 4. The fraction of sp³-hybridized carbons (Fsp3) is 0.235. The number of hydrogen-bond acceptors (Lipinski definition) is 4. The number of ether oxygens (including phenoxy) is 1. The number of nitrogens with one attached hydrogen (secondary N) is 1. The maximum absolute atomic E-state index is 12.4. The van der Waals surface area contributed by atoms with Crippen molar-refractivity contribution in [2.75, 3.05) is 6.61 Å². The van der Waals surface area contributed by atoms with Crippen LogP contribution in [0.3, 0.4) is 0 Å². The van der Waals surface area contributed by atoms with E-state index in [0.29, 0.717) is 18.6 Å². The summed E-state index contributed by atoms with van der Waals surface area (Å²) in [5.74, 6) is 0.637. The molecule has 3 N–H and O–H groups in total. The molecule has 0 saturated heterocycles. The summed E-state index contributed by atoms with van der Waals surface area (Å²) < 4.78 is 29.1. The van der Waals surface area contributed by atoms with Gasteiger partial charge in [-0.25, -0.2) is 13.6 Å². The molecule has 1 atom stereocenters. The molecule has 0 bridgehead atoms. The van der Waals surface area contributed by atoms with Crippen LogP contribution in [0.1, 0.15) is 23.6 Å². The molecule has 1 unspecified atom stereocenters. The summed E-state index contributed by atoms with van der Waals surface area (Å²) in [6.07, 6.45) is 0.852. The van der Waals surface area contributed by atoms with Gasteiger partial charge < -0.3 is 10.1 Å². The lowest BCUT2D eigenvalue weighted by Gasteiger charge is -2.27. The van der Waals surface area contributed by atoms with E-state index in [4.69, 9.17) is 9.88 Å². The van der Waals surface area contributed by atoms with Crippen LogP contribution in [0.15, 0.2) is 51.8 Å². The van der Waals surface area contributed by atoms with Gasteiger partial charge in [-0.1, -0.05) is 28.1 Å². The van der Waals surface area contributed by atoms with E-state index in [1.807, 2.05) is 18.2 Å². The molecule has 8 heteroatoms. The number of fused-ring (bicyclic) bond motifs is 1. The third kappa shape index (κ3) is 4.39. The summed E-state index contributed by atoms with van der Waals surface area (Å²) in [7, 11) is -3.73. The molecule has 1 heterocycles. The zero-order valence-corrected chi connectivity index (χ0v) is 15.6. The number of amides is 1. The normalized spacial score (nSPS) is 16.6. The average Bonchev–Trinajstić information content (AvgIpc) is 2.55. The first-order valence-electron chi connectivity index (χ1n) is 7.66. The molecule has 1 amide bonds. The molecular formula is C17H17BrN2O4S. The largest absolute Gasteiger partial charge is 0.493 e. The van der Waals surface area contributed by atoms with Crippen molar-refractivity contribution >= 4 is 31.9 Å². The van der Waals surface area contributed by atoms with Gasteiger partial charge in [0.15, 0.2) is 0 Å². The van der Waals surface area contributed by atoms with Crippen LogP contribution >= 0.6 is 15.9 Å². The molecule has 2 aromatic rings. The highest BCUT2D eigenvalue weighted by Gasteiger charge is 2.23. The molecular weight excluding hydrogens is 408 g/mol. The van der Waals surface area contributed by atoms with Gasteiger partial charge >= 0.3 is 0 Å². The van der Waals surface area contributed by atoms with Crippen molar-refractivity contribution in [1.82, 2.24) is 5.32 Å². The van der Waals surface area contributed by atoms with Crippen LogP contribution in [0.2, 0.25) is 0 Å². The van der Waals surface area contributed by atoms with E-state index >= 15 is 0 Å². The molecule has 0 radical (unpaired) electrons. The van der Waals surface area contributed by atoms with E-state index < -0.39 is 10.0 Å². The molecule has 2 aromatic carbocycles. The lowest BCUT2D eigenvalue weighted by molar-refractivity contribution is -0.121. The van der Waals surface area contributed by atoms with Gasteiger partial charge in [-0.2, -0.15) is 0 Å². The van der Waals surface area contributed by atoms with Crippen molar-refractivity contribution < 1.29 is 17.9 Å². The quantitative estimate of drug-likeness (QED) is 0.785. The van der Waals surface area contributed by atoms with Gasteiger partial charge in [0, 0.05) is 16.5 Å². The minimum atomic E-state index is -3.73. The van der Waals surface area contributed by atoms with E-state index in [9.17, 15) is 13.2 Å². The van der Waals surface area contributed by atoms with E-state index in [0.717, 1.165) is 15.8 Å².